The molecule has 20 heavy (non-hydrogen) atoms. The third kappa shape index (κ3) is 1.83. The van der Waals surface area contributed by atoms with Crippen LogP contribution in [0.25, 0.3) is 22.4 Å². The van der Waals surface area contributed by atoms with Gasteiger partial charge in [-0.25, -0.2) is 0 Å². The number of hydrogen-bond donors (Lipinski definition) is 0. The summed E-state index contributed by atoms with van der Waals surface area (Å²) in [6.45, 7) is 1.08. The molecule has 1 aromatic heterocycles. The molecule has 2 heterocycles. The van der Waals surface area contributed by atoms with E-state index in [-0.39, 0.29) is 0 Å². The number of hydrogen-bond acceptors (Lipinski definition) is 0. The van der Waals surface area contributed by atoms with Gasteiger partial charge in [0.2, 0.25) is 5.69 Å². The fourth-order valence-electron chi connectivity index (χ4n) is 3.00. The van der Waals surface area contributed by atoms with E-state index in [1.807, 2.05) is 0 Å². The second-order valence-corrected chi connectivity index (χ2v) is 5.27. The van der Waals surface area contributed by atoms with Crippen molar-refractivity contribution in [1.82, 2.24) is 0 Å². The average molecular weight is 258 g/mol. The van der Waals surface area contributed by atoms with E-state index in [2.05, 4.69) is 77.5 Å². The maximum Gasteiger partial charge on any atom is 0.212 e. The Labute approximate surface area is 119 Å². The monoisotopic (exact) mass is 258 g/mol. The van der Waals surface area contributed by atoms with E-state index < -0.39 is 0 Å². The highest BCUT2D eigenvalue weighted by Crippen LogP contribution is 2.30. The molecule has 0 N–H and O–H groups in total. The standard InChI is InChI=1S/C19H16N/c1-2-6-15(7-3-1)17-10-9-16-11-13-20-12-5-4-8-19(20)18(16)14-17/h1-10,12,14H,11,13H2/q+1. The summed E-state index contributed by atoms with van der Waals surface area (Å²) >= 11 is 0. The molecule has 0 saturated carbocycles. The fraction of sp³-hybridized carbons (Fsp3) is 0.105. The smallest absolute Gasteiger partial charge is 0.198 e. The van der Waals surface area contributed by atoms with Gasteiger partial charge in [0.1, 0.15) is 0 Å². The molecule has 0 bridgehead atoms. The summed E-state index contributed by atoms with van der Waals surface area (Å²) in [6, 6.07) is 23.9. The number of pyridine rings is 1. The zero-order valence-corrected chi connectivity index (χ0v) is 11.3. The molecule has 0 radical (unpaired) electrons. The molecule has 0 saturated heterocycles. The molecule has 0 fully saturated rings. The minimum atomic E-state index is 1.08. The van der Waals surface area contributed by atoms with Crippen molar-refractivity contribution in [2.45, 2.75) is 13.0 Å². The first-order chi connectivity index (χ1) is 9.92. The van der Waals surface area contributed by atoms with Crippen molar-refractivity contribution in [2.75, 3.05) is 0 Å². The molecule has 1 heteroatoms. The predicted octanol–water partition coefficient (Wildman–Crippen LogP) is 3.86. The van der Waals surface area contributed by atoms with Crippen molar-refractivity contribution in [1.29, 1.82) is 0 Å². The molecule has 1 nitrogen and oxygen atoms in total. The molecule has 0 atom stereocenters. The van der Waals surface area contributed by atoms with Gasteiger partial charge >= 0.3 is 0 Å². The quantitative estimate of drug-likeness (QED) is 0.583. The third-order valence-electron chi connectivity index (χ3n) is 4.06. The van der Waals surface area contributed by atoms with Crippen LogP contribution in [-0.4, -0.2) is 0 Å². The first-order valence-corrected chi connectivity index (χ1v) is 7.09. The number of benzene rings is 2. The molecule has 0 aliphatic carbocycles. The fourth-order valence-corrected chi connectivity index (χ4v) is 3.00. The molecule has 96 valence electrons. The average Bonchev–Trinajstić information content (AvgIpc) is 2.55. The summed E-state index contributed by atoms with van der Waals surface area (Å²) in [4.78, 5) is 0. The van der Waals surface area contributed by atoms with Crippen molar-refractivity contribution >= 4 is 0 Å². The maximum atomic E-state index is 2.34. The van der Waals surface area contributed by atoms with Crippen LogP contribution in [0.1, 0.15) is 5.56 Å². The van der Waals surface area contributed by atoms with Gasteiger partial charge in [-0.3, -0.25) is 0 Å². The molecule has 1 aliphatic heterocycles. The lowest BCUT2D eigenvalue weighted by Crippen LogP contribution is -2.39. The third-order valence-corrected chi connectivity index (χ3v) is 4.06. The molecular weight excluding hydrogens is 242 g/mol. The molecule has 1 aliphatic rings. The Kier molecular flexibility index (Phi) is 2.63. The van der Waals surface area contributed by atoms with E-state index in [1.54, 1.807) is 0 Å². The largest absolute Gasteiger partial charge is 0.212 e. The number of fused-ring (bicyclic) bond motifs is 3. The van der Waals surface area contributed by atoms with Crippen LogP contribution >= 0.6 is 0 Å². The van der Waals surface area contributed by atoms with E-state index in [1.165, 1.54) is 27.9 Å². The number of aromatic nitrogens is 1. The summed E-state index contributed by atoms with van der Waals surface area (Å²) in [5.74, 6) is 0. The lowest BCUT2D eigenvalue weighted by atomic mass is 9.93. The first-order valence-electron chi connectivity index (χ1n) is 7.09. The van der Waals surface area contributed by atoms with Gasteiger partial charge in [0.15, 0.2) is 12.7 Å². The van der Waals surface area contributed by atoms with E-state index >= 15 is 0 Å². The first kappa shape index (κ1) is 11.4. The molecule has 2 aromatic carbocycles. The highest BCUT2D eigenvalue weighted by Gasteiger charge is 2.21. The van der Waals surface area contributed by atoms with Crippen LogP contribution in [0.3, 0.4) is 0 Å². The normalized spacial score (nSPS) is 12.6. The van der Waals surface area contributed by atoms with Gasteiger partial charge in [0.05, 0.1) is 5.56 Å². The molecule has 0 spiro atoms. The van der Waals surface area contributed by atoms with Gasteiger partial charge in [0.25, 0.3) is 0 Å². The van der Waals surface area contributed by atoms with Gasteiger partial charge in [-0.15, -0.1) is 0 Å². The number of aryl methyl sites for hydroxylation is 2. The summed E-state index contributed by atoms with van der Waals surface area (Å²) in [5.41, 5.74) is 6.73. The van der Waals surface area contributed by atoms with Crippen LogP contribution in [0.15, 0.2) is 72.9 Å². The van der Waals surface area contributed by atoms with Crippen LogP contribution in [0.2, 0.25) is 0 Å². The van der Waals surface area contributed by atoms with Gasteiger partial charge in [-0.2, -0.15) is 4.57 Å². The van der Waals surface area contributed by atoms with Gasteiger partial charge in [-0.05, 0) is 28.8 Å². The highest BCUT2D eigenvalue weighted by molar-refractivity contribution is 5.73. The summed E-state index contributed by atoms with van der Waals surface area (Å²) < 4.78 is 2.34. The van der Waals surface area contributed by atoms with Crippen LogP contribution in [0, 0.1) is 0 Å². The maximum absolute atomic E-state index is 2.34. The molecule has 0 unspecified atom stereocenters. The Morgan fingerprint density at radius 1 is 0.750 bits per heavy atom. The van der Waals surface area contributed by atoms with Crippen molar-refractivity contribution in [3.8, 4) is 22.4 Å². The van der Waals surface area contributed by atoms with E-state index in [0.717, 1.165) is 13.0 Å². The minimum Gasteiger partial charge on any atom is -0.198 e. The Balaban J connectivity index is 1.90. The molecule has 0 amide bonds. The Hall–Kier alpha value is -2.41. The van der Waals surface area contributed by atoms with Crippen LogP contribution in [-0.2, 0) is 13.0 Å². The summed E-state index contributed by atoms with van der Waals surface area (Å²) in [7, 11) is 0. The van der Waals surface area contributed by atoms with Crippen LogP contribution < -0.4 is 4.57 Å². The van der Waals surface area contributed by atoms with Gasteiger partial charge in [0, 0.05) is 18.6 Å². The molecule has 4 rings (SSSR count). The predicted molar refractivity (Wildman–Crippen MR) is 81.2 cm³/mol. The van der Waals surface area contributed by atoms with E-state index in [0.29, 0.717) is 0 Å². The number of nitrogens with zero attached hydrogens (tertiary/aromatic N) is 1. The molecule has 3 aromatic rings. The van der Waals surface area contributed by atoms with Crippen molar-refractivity contribution in [2.24, 2.45) is 0 Å². The second kappa shape index (κ2) is 4.61. The Bertz CT molecular complexity index is 760. The summed E-state index contributed by atoms with van der Waals surface area (Å²) in [5, 5.41) is 0. The number of rotatable bonds is 1. The highest BCUT2D eigenvalue weighted by atomic mass is 15.0. The van der Waals surface area contributed by atoms with Crippen molar-refractivity contribution in [3.05, 3.63) is 78.5 Å². The summed E-state index contributed by atoms with van der Waals surface area (Å²) in [6.07, 6.45) is 3.29. The zero-order chi connectivity index (χ0) is 13.4. The Morgan fingerprint density at radius 3 is 2.50 bits per heavy atom. The van der Waals surface area contributed by atoms with Gasteiger partial charge < -0.3 is 0 Å². The minimum absolute atomic E-state index is 1.08. The van der Waals surface area contributed by atoms with E-state index in [4.69, 9.17) is 0 Å². The van der Waals surface area contributed by atoms with Crippen molar-refractivity contribution in [3.63, 3.8) is 0 Å². The lowest BCUT2D eigenvalue weighted by molar-refractivity contribution is -0.687. The topological polar surface area (TPSA) is 3.88 Å². The molecular formula is C19H16N+. The Morgan fingerprint density at radius 2 is 1.60 bits per heavy atom. The van der Waals surface area contributed by atoms with Crippen LogP contribution in [0.5, 0.6) is 0 Å². The lowest BCUT2D eigenvalue weighted by Gasteiger charge is -2.15. The zero-order valence-electron chi connectivity index (χ0n) is 11.3. The van der Waals surface area contributed by atoms with Crippen molar-refractivity contribution < 1.29 is 4.57 Å². The van der Waals surface area contributed by atoms with Gasteiger partial charge in [-0.1, -0.05) is 42.5 Å². The second-order valence-electron chi connectivity index (χ2n) is 5.27. The van der Waals surface area contributed by atoms with E-state index in [9.17, 15) is 0 Å². The van der Waals surface area contributed by atoms with Crippen LogP contribution in [0.4, 0.5) is 0 Å². The SMILES string of the molecule is c1ccc(-c2ccc3c(c2)-c2cccc[n+]2CC3)cc1.